The molecule has 1 fully saturated rings. The van der Waals surface area contributed by atoms with Crippen LogP contribution in [0.25, 0.3) is 0 Å². The van der Waals surface area contributed by atoms with Crippen LogP contribution in [0.15, 0.2) is 45.5 Å². The van der Waals surface area contributed by atoms with Crippen molar-refractivity contribution in [3.05, 3.63) is 52.6 Å². The third-order valence-corrected chi connectivity index (χ3v) is 5.36. The Labute approximate surface area is 167 Å². The van der Waals surface area contributed by atoms with Crippen LogP contribution in [0, 0.1) is 5.82 Å². The van der Waals surface area contributed by atoms with Crippen molar-refractivity contribution in [1.29, 1.82) is 0 Å². The van der Waals surface area contributed by atoms with Crippen LogP contribution in [0.2, 0.25) is 0 Å². The normalized spacial score (nSPS) is 17.3. The molecule has 2 aromatic rings. The van der Waals surface area contributed by atoms with E-state index in [2.05, 4.69) is 26.1 Å². The van der Waals surface area contributed by atoms with Gasteiger partial charge >= 0.3 is 0 Å². The minimum Gasteiger partial charge on any atom is -0.480 e. The molecule has 2 heterocycles. The van der Waals surface area contributed by atoms with Gasteiger partial charge in [-0.3, -0.25) is 9.69 Å². The summed E-state index contributed by atoms with van der Waals surface area (Å²) in [7, 11) is 0. The highest BCUT2D eigenvalue weighted by molar-refractivity contribution is 9.10. The van der Waals surface area contributed by atoms with Crippen LogP contribution in [0.1, 0.15) is 38.0 Å². The first-order valence-electron chi connectivity index (χ1n) is 9.21. The maximum Gasteiger partial charge on any atom is 0.260 e. The molecule has 1 amide bonds. The van der Waals surface area contributed by atoms with Crippen molar-refractivity contribution < 1.29 is 18.3 Å². The lowest BCUT2D eigenvalue weighted by atomic mass is 10.1. The number of carbonyl (C=O) groups is 1. The smallest absolute Gasteiger partial charge is 0.260 e. The highest BCUT2D eigenvalue weighted by atomic mass is 79.9. The Morgan fingerprint density at radius 2 is 2.11 bits per heavy atom. The number of carbonyl (C=O) groups excluding carboxylic acids is 1. The summed E-state index contributed by atoms with van der Waals surface area (Å²) in [6.45, 7) is 4.12. The van der Waals surface area contributed by atoms with Crippen LogP contribution >= 0.6 is 15.9 Å². The summed E-state index contributed by atoms with van der Waals surface area (Å²) in [6.07, 6.45) is 4.51. The fourth-order valence-corrected chi connectivity index (χ4v) is 3.72. The highest BCUT2D eigenvalue weighted by Crippen LogP contribution is 2.27. The lowest BCUT2D eigenvalue weighted by Gasteiger charge is -2.33. The second-order valence-corrected chi connectivity index (χ2v) is 7.56. The fraction of sp³-hybridized carbons (Fsp3) is 0.450. The Hall–Kier alpha value is -1.86. The molecule has 2 atom stereocenters. The zero-order valence-corrected chi connectivity index (χ0v) is 16.9. The maximum absolute atomic E-state index is 13.2. The maximum atomic E-state index is 13.2. The monoisotopic (exact) mass is 438 g/mol. The predicted octanol–water partition coefficient (Wildman–Crippen LogP) is 4.29. The molecular formula is C20H24BrFN2O3. The third-order valence-electron chi connectivity index (χ3n) is 4.74. The van der Waals surface area contributed by atoms with Gasteiger partial charge in [-0.1, -0.05) is 6.42 Å². The molecule has 1 N–H and O–H groups in total. The molecule has 0 bridgehead atoms. The van der Waals surface area contributed by atoms with E-state index in [4.69, 9.17) is 9.15 Å². The van der Waals surface area contributed by atoms with Crippen molar-refractivity contribution in [3.63, 3.8) is 0 Å². The average Bonchev–Trinajstić information content (AvgIpc) is 3.19. The zero-order chi connectivity index (χ0) is 19.2. The summed E-state index contributed by atoms with van der Waals surface area (Å²) in [4.78, 5) is 14.9. The van der Waals surface area contributed by atoms with Crippen LogP contribution in [0.4, 0.5) is 4.39 Å². The van der Waals surface area contributed by atoms with Crippen molar-refractivity contribution in [2.75, 3.05) is 19.6 Å². The van der Waals surface area contributed by atoms with Gasteiger partial charge in [0.1, 0.15) is 17.3 Å². The molecule has 0 spiro atoms. The number of halogens is 2. The first kappa shape index (κ1) is 19.9. The van der Waals surface area contributed by atoms with E-state index in [-0.39, 0.29) is 17.8 Å². The summed E-state index contributed by atoms with van der Waals surface area (Å²) in [6, 6.07) is 7.93. The van der Waals surface area contributed by atoms with Crippen LogP contribution in [-0.4, -0.2) is 36.5 Å². The van der Waals surface area contributed by atoms with Crippen molar-refractivity contribution >= 4 is 21.8 Å². The molecule has 7 heteroatoms. The van der Waals surface area contributed by atoms with Gasteiger partial charge in [0, 0.05) is 6.54 Å². The Bertz CT molecular complexity index is 748. The fourth-order valence-electron chi connectivity index (χ4n) is 3.28. The van der Waals surface area contributed by atoms with Gasteiger partial charge in [-0.25, -0.2) is 4.39 Å². The van der Waals surface area contributed by atoms with Gasteiger partial charge in [-0.15, -0.1) is 0 Å². The van der Waals surface area contributed by atoms with E-state index < -0.39 is 6.10 Å². The first-order valence-corrected chi connectivity index (χ1v) is 10.0. The number of nitrogens with one attached hydrogen (secondary N) is 1. The van der Waals surface area contributed by atoms with Crippen molar-refractivity contribution in [2.45, 2.75) is 38.3 Å². The number of benzene rings is 1. The summed E-state index contributed by atoms with van der Waals surface area (Å²) in [5, 5.41) is 2.96. The second kappa shape index (κ2) is 9.37. The number of likely N-dealkylation sites (tertiary alicyclic amines) is 1. The zero-order valence-electron chi connectivity index (χ0n) is 15.3. The minimum atomic E-state index is -0.703. The summed E-state index contributed by atoms with van der Waals surface area (Å²) in [5.41, 5.74) is 0. The third kappa shape index (κ3) is 5.32. The van der Waals surface area contributed by atoms with E-state index in [1.54, 1.807) is 13.2 Å². The largest absolute Gasteiger partial charge is 0.480 e. The summed E-state index contributed by atoms with van der Waals surface area (Å²) >= 11 is 3.25. The van der Waals surface area contributed by atoms with Gasteiger partial charge < -0.3 is 14.5 Å². The number of ether oxygens (including phenoxy) is 1. The highest BCUT2D eigenvalue weighted by Gasteiger charge is 2.26. The number of nitrogens with zero attached hydrogens (tertiary/aromatic N) is 1. The molecule has 0 saturated carbocycles. The Kier molecular flexibility index (Phi) is 6.90. The van der Waals surface area contributed by atoms with E-state index in [0.717, 1.165) is 31.7 Å². The minimum absolute atomic E-state index is 0.00834. The summed E-state index contributed by atoms with van der Waals surface area (Å²) in [5.74, 6) is 0.693. The number of hydrogen-bond acceptors (Lipinski definition) is 4. The van der Waals surface area contributed by atoms with E-state index in [1.807, 2.05) is 12.1 Å². The van der Waals surface area contributed by atoms with E-state index in [9.17, 15) is 9.18 Å². The van der Waals surface area contributed by atoms with Gasteiger partial charge in [0.15, 0.2) is 6.10 Å². The molecule has 27 heavy (non-hydrogen) atoms. The van der Waals surface area contributed by atoms with Gasteiger partial charge in [-0.2, -0.15) is 0 Å². The molecule has 2 unspecified atom stereocenters. The molecule has 1 saturated heterocycles. The van der Waals surface area contributed by atoms with Crippen LogP contribution in [0.5, 0.6) is 5.75 Å². The summed E-state index contributed by atoms with van der Waals surface area (Å²) < 4.78 is 24.9. The number of hydrogen-bond donors (Lipinski definition) is 1. The lowest BCUT2D eigenvalue weighted by Crippen LogP contribution is -2.43. The molecule has 1 aromatic carbocycles. The molecule has 146 valence electrons. The van der Waals surface area contributed by atoms with Crippen LogP contribution in [-0.2, 0) is 4.79 Å². The Balaban J connectivity index is 1.59. The molecule has 1 aromatic heterocycles. The van der Waals surface area contributed by atoms with E-state index in [0.29, 0.717) is 16.8 Å². The Morgan fingerprint density at radius 1 is 1.33 bits per heavy atom. The van der Waals surface area contributed by atoms with Gasteiger partial charge in [-0.05, 0) is 79.1 Å². The number of amides is 1. The molecule has 1 aliphatic heterocycles. The first-order chi connectivity index (χ1) is 13.0. The van der Waals surface area contributed by atoms with Crippen LogP contribution in [0.3, 0.4) is 0 Å². The van der Waals surface area contributed by atoms with Gasteiger partial charge in [0.05, 0.1) is 16.8 Å². The van der Waals surface area contributed by atoms with Crippen molar-refractivity contribution in [3.8, 4) is 5.75 Å². The SMILES string of the molecule is CC(Oc1ccc(F)cc1Br)C(=O)NCC(c1ccco1)N1CCCCC1. The predicted molar refractivity (Wildman–Crippen MR) is 104 cm³/mol. The standard InChI is InChI=1S/C20H24BrFN2O3/c1-14(27-18-8-7-15(22)12-16(18)21)20(25)23-13-17(19-6-5-11-26-19)24-9-3-2-4-10-24/h5-8,11-12,14,17H,2-4,9-10,13H2,1H3,(H,23,25). The molecule has 0 aliphatic carbocycles. The number of rotatable bonds is 7. The van der Waals surface area contributed by atoms with Gasteiger partial charge in [0.25, 0.3) is 5.91 Å². The quantitative estimate of drug-likeness (QED) is 0.700. The van der Waals surface area contributed by atoms with Crippen molar-refractivity contribution in [2.24, 2.45) is 0 Å². The average molecular weight is 439 g/mol. The van der Waals surface area contributed by atoms with Gasteiger partial charge in [0.2, 0.25) is 0 Å². The van der Waals surface area contributed by atoms with Crippen LogP contribution < -0.4 is 10.1 Å². The van der Waals surface area contributed by atoms with E-state index >= 15 is 0 Å². The lowest BCUT2D eigenvalue weighted by molar-refractivity contribution is -0.127. The number of furan rings is 1. The Morgan fingerprint density at radius 3 is 2.78 bits per heavy atom. The number of piperidine rings is 1. The topological polar surface area (TPSA) is 54.7 Å². The van der Waals surface area contributed by atoms with E-state index in [1.165, 1.54) is 24.6 Å². The second-order valence-electron chi connectivity index (χ2n) is 6.71. The van der Waals surface area contributed by atoms with Crippen molar-refractivity contribution in [1.82, 2.24) is 10.2 Å². The molecule has 3 rings (SSSR count). The molecule has 0 radical (unpaired) electrons. The molecule has 1 aliphatic rings. The molecular weight excluding hydrogens is 415 g/mol. The molecule has 5 nitrogen and oxygen atoms in total.